The number of hydrogen-bond acceptors (Lipinski definition) is 6. The predicted molar refractivity (Wildman–Crippen MR) is 126 cm³/mol. The molecule has 6 rings (SSSR count). The number of fused-ring (bicyclic) bond motifs is 3. The third-order valence-corrected chi connectivity index (χ3v) is 7.61. The summed E-state index contributed by atoms with van der Waals surface area (Å²) in [4.78, 5) is 36.0. The Bertz CT molecular complexity index is 1590. The quantitative estimate of drug-likeness (QED) is 0.196. The van der Waals surface area contributed by atoms with Crippen LogP contribution < -0.4 is 0 Å². The zero-order valence-electron chi connectivity index (χ0n) is 17.0. The van der Waals surface area contributed by atoms with Crippen molar-refractivity contribution in [1.29, 1.82) is 0 Å². The van der Waals surface area contributed by atoms with Gasteiger partial charge in [0, 0.05) is 16.7 Å². The number of carbonyl (C=O) groups excluding carboxylic acids is 2. The second kappa shape index (κ2) is 7.41. The van der Waals surface area contributed by atoms with Gasteiger partial charge in [0.15, 0.2) is 21.2 Å². The molecule has 5 aromatic rings. The molecule has 0 fully saturated rings. The Kier molecular flexibility index (Phi) is 4.55. The van der Waals surface area contributed by atoms with Gasteiger partial charge in [-0.2, -0.15) is 13.2 Å². The van der Waals surface area contributed by atoms with Crippen LogP contribution in [-0.4, -0.2) is 21.5 Å². The second-order valence-corrected chi connectivity index (χ2v) is 9.70. The van der Waals surface area contributed by atoms with Crippen LogP contribution in [0, 0.1) is 0 Å². The average Bonchev–Trinajstić information content (AvgIpc) is 3.45. The fourth-order valence-electron chi connectivity index (χ4n) is 3.91. The fraction of sp³-hybridized carbons (Fsp3) is 0.0400. The molecule has 0 saturated carbocycles. The van der Waals surface area contributed by atoms with Crippen molar-refractivity contribution >= 4 is 60.7 Å². The molecule has 166 valence electrons. The number of benzene rings is 3. The van der Waals surface area contributed by atoms with Crippen LogP contribution in [0.2, 0.25) is 0 Å². The first kappa shape index (κ1) is 20.9. The molecule has 0 radical (unpaired) electrons. The summed E-state index contributed by atoms with van der Waals surface area (Å²) in [6.07, 6.45) is -2.90. The molecule has 1 aliphatic carbocycles. The standard InChI is InChI=1S/C25H11F3N2O2S2/c26-25(27,28)15-7-5-12(6-8-15)22-30-24-23(34-22)29-19(33-24)11-18-20(31)16-9-13-3-1-2-4-14(13)10-17(16)21(18)32/h1-11H. The van der Waals surface area contributed by atoms with Gasteiger partial charge in [0.1, 0.15) is 10.0 Å². The number of ketones is 2. The van der Waals surface area contributed by atoms with Gasteiger partial charge < -0.3 is 0 Å². The summed E-state index contributed by atoms with van der Waals surface area (Å²) in [7, 11) is 0. The van der Waals surface area contributed by atoms with E-state index >= 15 is 0 Å². The largest absolute Gasteiger partial charge is 0.416 e. The number of carbonyl (C=O) groups is 2. The molecular weight excluding hydrogens is 481 g/mol. The van der Waals surface area contributed by atoms with Gasteiger partial charge in [0.05, 0.1) is 11.1 Å². The highest BCUT2D eigenvalue weighted by molar-refractivity contribution is 7.28. The smallest absolute Gasteiger partial charge is 0.288 e. The number of allylic oxidation sites excluding steroid dienone is 1. The lowest BCUT2D eigenvalue weighted by Gasteiger charge is -2.06. The maximum atomic E-state index is 12.9. The molecule has 0 amide bonds. The second-order valence-electron chi connectivity index (χ2n) is 7.72. The number of rotatable bonds is 2. The molecule has 0 bridgehead atoms. The Labute approximate surface area is 198 Å². The fourth-order valence-corrected chi connectivity index (χ4v) is 5.91. The van der Waals surface area contributed by atoms with Crippen molar-refractivity contribution in [3.63, 3.8) is 0 Å². The van der Waals surface area contributed by atoms with E-state index in [1.54, 1.807) is 12.1 Å². The number of alkyl halides is 3. The third kappa shape index (κ3) is 3.36. The molecule has 2 aromatic heterocycles. The lowest BCUT2D eigenvalue weighted by molar-refractivity contribution is -0.137. The summed E-state index contributed by atoms with van der Waals surface area (Å²) in [5.41, 5.74) is 0.676. The minimum Gasteiger partial charge on any atom is -0.288 e. The highest BCUT2D eigenvalue weighted by Crippen LogP contribution is 2.37. The SMILES string of the molecule is O=C1C(=Cc2nc3sc(-c4ccc(C(F)(F)F)cc4)nc3s2)C(=O)c2cc3ccccc3cc21. The summed E-state index contributed by atoms with van der Waals surface area (Å²) < 4.78 is 38.4. The number of thiazole rings is 2. The van der Waals surface area contributed by atoms with Gasteiger partial charge >= 0.3 is 6.18 Å². The van der Waals surface area contributed by atoms with Gasteiger partial charge in [-0.3, -0.25) is 9.59 Å². The van der Waals surface area contributed by atoms with Crippen molar-refractivity contribution in [2.45, 2.75) is 6.18 Å². The van der Waals surface area contributed by atoms with Crippen LogP contribution in [0.5, 0.6) is 0 Å². The van der Waals surface area contributed by atoms with Gasteiger partial charge in [0.25, 0.3) is 0 Å². The molecule has 3 aromatic carbocycles. The lowest BCUT2D eigenvalue weighted by atomic mass is 10.0. The highest BCUT2D eigenvalue weighted by atomic mass is 32.1. The van der Waals surface area contributed by atoms with Crippen molar-refractivity contribution in [3.05, 3.63) is 87.9 Å². The molecule has 1 aliphatic rings. The minimum atomic E-state index is -4.40. The lowest BCUT2D eigenvalue weighted by Crippen LogP contribution is -2.03. The van der Waals surface area contributed by atoms with E-state index in [0.29, 0.717) is 36.4 Å². The number of halogens is 3. The van der Waals surface area contributed by atoms with Crippen LogP contribution in [0.25, 0.3) is 37.1 Å². The first-order valence-corrected chi connectivity index (χ1v) is 11.7. The average molecular weight is 493 g/mol. The maximum Gasteiger partial charge on any atom is 0.416 e. The van der Waals surface area contributed by atoms with E-state index in [2.05, 4.69) is 9.97 Å². The summed E-state index contributed by atoms with van der Waals surface area (Å²) >= 11 is 2.46. The Balaban J connectivity index is 1.32. The van der Waals surface area contributed by atoms with Crippen molar-refractivity contribution in [2.75, 3.05) is 0 Å². The summed E-state index contributed by atoms with van der Waals surface area (Å²) in [6.45, 7) is 0. The summed E-state index contributed by atoms with van der Waals surface area (Å²) in [6, 6.07) is 15.8. The highest BCUT2D eigenvalue weighted by Gasteiger charge is 2.34. The molecule has 9 heteroatoms. The molecule has 0 spiro atoms. The van der Waals surface area contributed by atoms with Crippen LogP contribution >= 0.6 is 22.7 Å². The van der Waals surface area contributed by atoms with Crippen molar-refractivity contribution in [2.24, 2.45) is 0 Å². The van der Waals surface area contributed by atoms with E-state index in [9.17, 15) is 22.8 Å². The molecular formula is C25H11F3N2O2S2. The van der Waals surface area contributed by atoms with Crippen LogP contribution in [0.3, 0.4) is 0 Å². The van der Waals surface area contributed by atoms with Gasteiger partial charge in [-0.25, -0.2) is 9.97 Å². The van der Waals surface area contributed by atoms with Crippen LogP contribution in [0.4, 0.5) is 13.2 Å². The predicted octanol–water partition coefficient (Wildman–Crippen LogP) is 7.05. The zero-order chi connectivity index (χ0) is 23.6. The van der Waals surface area contributed by atoms with E-state index < -0.39 is 11.7 Å². The minimum absolute atomic E-state index is 0.0645. The van der Waals surface area contributed by atoms with Gasteiger partial charge in [-0.05, 0) is 41.1 Å². The van der Waals surface area contributed by atoms with Gasteiger partial charge in [0.2, 0.25) is 0 Å². The molecule has 2 heterocycles. The first-order chi connectivity index (χ1) is 16.3. The summed E-state index contributed by atoms with van der Waals surface area (Å²) in [5, 5.41) is 2.80. The maximum absolute atomic E-state index is 12.9. The Morgan fingerprint density at radius 2 is 1.35 bits per heavy atom. The van der Waals surface area contributed by atoms with Crippen LogP contribution in [0.1, 0.15) is 31.3 Å². The van der Waals surface area contributed by atoms with Crippen molar-refractivity contribution in [3.8, 4) is 10.6 Å². The Hall–Kier alpha value is -3.69. The van der Waals surface area contributed by atoms with Crippen molar-refractivity contribution in [1.82, 2.24) is 9.97 Å². The van der Waals surface area contributed by atoms with Gasteiger partial charge in [-0.1, -0.05) is 59.1 Å². The molecule has 0 unspecified atom stereocenters. The van der Waals surface area contributed by atoms with E-state index in [4.69, 9.17) is 0 Å². The van der Waals surface area contributed by atoms with Crippen LogP contribution in [-0.2, 0) is 6.18 Å². The van der Waals surface area contributed by atoms with Crippen LogP contribution in [0.15, 0.2) is 66.2 Å². The van der Waals surface area contributed by atoms with E-state index in [-0.39, 0.29) is 17.1 Å². The molecule has 0 atom stereocenters. The Morgan fingerprint density at radius 1 is 0.765 bits per heavy atom. The zero-order valence-corrected chi connectivity index (χ0v) is 18.6. The molecule has 4 nitrogen and oxygen atoms in total. The normalized spacial score (nSPS) is 13.8. The van der Waals surface area contributed by atoms with E-state index in [1.165, 1.54) is 40.9 Å². The monoisotopic (exact) mass is 492 g/mol. The third-order valence-electron chi connectivity index (χ3n) is 5.58. The van der Waals surface area contributed by atoms with E-state index in [0.717, 1.165) is 22.9 Å². The number of nitrogens with zero attached hydrogens (tertiary/aromatic N) is 2. The molecule has 34 heavy (non-hydrogen) atoms. The van der Waals surface area contributed by atoms with Gasteiger partial charge in [-0.15, -0.1) is 0 Å². The first-order valence-electron chi connectivity index (χ1n) is 10.1. The Morgan fingerprint density at radius 3 is 1.91 bits per heavy atom. The number of hydrogen-bond donors (Lipinski definition) is 0. The molecule has 0 N–H and O–H groups in total. The number of Topliss-reactive ketones (excluding diaryl/α,β-unsaturated/α-hetero) is 2. The topological polar surface area (TPSA) is 59.9 Å². The summed E-state index contributed by atoms with van der Waals surface area (Å²) in [5.74, 6) is -0.662. The molecule has 0 aliphatic heterocycles. The molecule has 0 saturated heterocycles. The van der Waals surface area contributed by atoms with Crippen molar-refractivity contribution < 1.29 is 22.8 Å². The van der Waals surface area contributed by atoms with E-state index in [1.807, 2.05) is 24.3 Å². The number of aromatic nitrogens is 2.